The van der Waals surface area contributed by atoms with Crippen molar-refractivity contribution in [3.8, 4) is 5.88 Å². The molecular weight excluding hydrogens is 224 g/mol. The number of ether oxygens (including phenoxy) is 1. The summed E-state index contributed by atoms with van der Waals surface area (Å²) in [7, 11) is 3.73. The number of aromatic nitrogens is 1. The van der Waals surface area contributed by atoms with Gasteiger partial charge in [0.25, 0.3) is 0 Å². The number of benzene rings is 1. The molecule has 0 amide bonds. The number of hydrogen-bond acceptors (Lipinski definition) is 3. The maximum atomic E-state index is 5.43. The number of para-hydroxylation sites is 1. The van der Waals surface area contributed by atoms with Crippen molar-refractivity contribution in [2.75, 3.05) is 14.2 Å². The van der Waals surface area contributed by atoms with Crippen molar-refractivity contribution >= 4 is 10.9 Å². The number of pyridine rings is 1. The van der Waals surface area contributed by atoms with Crippen molar-refractivity contribution in [1.29, 1.82) is 0 Å². The molecule has 3 nitrogen and oxygen atoms in total. The molecule has 18 heavy (non-hydrogen) atoms. The lowest BCUT2D eigenvalue weighted by atomic mass is 10.0. The van der Waals surface area contributed by atoms with Gasteiger partial charge in [0.1, 0.15) is 0 Å². The third kappa shape index (κ3) is 1.95. The Labute approximate surface area is 107 Å². The lowest BCUT2D eigenvalue weighted by Crippen LogP contribution is -2.29. The summed E-state index contributed by atoms with van der Waals surface area (Å²) >= 11 is 0. The summed E-state index contributed by atoms with van der Waals surface area (Å²) in [5, 5.41) is 4.60. The summed E-state index contributed by atoms with van der Waals surface area (Å²) in [5.41, 5.74) is 2.47. The first-order valence-electron chi connectivity index (χ1n) is 6.38. The summed E-state index contributed by atoms with van der Waals surface area (Å²) in [4.78, 5) is 4.59. The Morgan fingerprint density at radius 1 is 1.33 bits per heavy atom. The largest absolute Gasteiger partial charge is 0.481 e. The molecule has 0 atom stereocenters. The molecule has 2 aromatic rings. The molecule has 1 N–H and O–H groups in total. The Balaban J connectivity index is 2.04. The molecule has 0 unspecified atom stereocenters. The Morgan fingerprint density at radius 3 is 2.78 bits per heavy atom. The van der Waals surface area contributed by atoms with Gasteiger partial charge in [0.15, 0.2) is 0 Å². The molecular formula is C15H18N2O. The van der Waals surface area contributed by atoms with E-state index in [1.165, 1.54) is 23.8 Å². The van der Waals surface area contributed by atoms with Crippen LogP contribution >= 0.6 is 0 Å². The Kier molecular flexibility index (Phi) is 2.71. The molecule has 3 rings (SSSR count). The van der Waals surface area contributed by atoms with E-state index in [9.17, 15) is 0 Å². The summed E-state index contributed by atoms with van der Waals surface area (Å²) < 4.78 is 5.43. The van der Waals surface area contributed by atoms with Crippen LogP contribution in [-0.2, 0) is 6.42 Å². The molecule has 0 saturated heterocycles. The van der Waals surface area contributed by atoms with Crippen LogP contribution in [-0.4, -0.2) is 24.7 Å². The number of hydrogen-bond donors (Lipinski definition) is 1. The highest BCUT2D eigenvalue weighted by molar-refractivity contribution is 5.80. The minimum atomic E-state index is 0.275. The SMILES string of the molecule is CNC1(Cc2cc3ccccc3nc2OC)CC1. The van der Waals surface area contributed by atoms with Gasteiger partial charge in [-0.3, -0.25) is 0 Å². The van der Waals surface area contributed by atoms with Gasteiger partial charge in [0.2, 0.25) is 5.88 Å². The molecule has 1 saturated carbocycles. The van der Waals surface area contributed by atoms with Crippen molar-refractivity contribution in [2.24, 2.45) is 0 Å². The summed E-state index contributed by atoms with van der Waals surface area (Å²) in [6.45, 7) is 0. The Bertz CT molecular complexity index is 576. The predicted molar refractivity (Wildman–Crippen MR) is 73.0 cm³/mol. The third-order valence-corrected chi connectivity index (χ3v) is 3.87. The van der Waals surface area contributed by atoms with Crippen LogP contribution in [0.1, 0.15) is 18.4 Å². The fourth-order valence-electron chi connectivity index (χ4n) is 2.48. The van der Waals surface area contributed by atoms with Crippen LogP contribution in [0.3, 0.4) is 0 Å². The second kappa shape index (κ2) is 4.25. The Morgan fingerprint density at radius 2 is 2.11 bits per heavy atom. The molecule has 1 aromatic heterocycles. The number of nitrogens with zero attached hydrogens (tertiary/aromatic N) is 1. The highest BCUT2D eigenvalue weighted by Gasteiger charge is 2.41. The van der Waals surface area contributed by atoms with Gasteiger partial charge in [-0.1, -0.05) is 18.2 Å². The molecule has 1 aliphatic carbocycles. The van der Waals surface area contributed by atoms with Crippen LogP contribution in [0.5, 0.6) is 5.88 Å². The van der Waals surface area contributed by atoms with Gasteiger partial charge in [0, 0.05) is 16.5 Å². The highest BCUT2D eigenvalue weighted by atomic mass is 16.5. The summed E-state index contributed by atoms with van der Waals surface area (Å²) in [6.07, 6.45) is 3.46. The van der Waals surface area contributed by atoms with E-state index in [1.807, 2.05) is 25.2 Å². The minimum absolute atomic E-state index is 0.275. The van der Waals surface area contributed by atoms with Crippen LogP contribution in [0.4, 0.5) is 0 Å². The molecule has 0 spiro atoms. The highest BCUT2D eigenvalue weighted by Crippen LogP contribution is 2.40. The minimum Gasteiger partial charge on any atom is -0.481 e. The van der Waals surface area contributed by atoms with Crippen LogP contribution in [0, 0.1) is 0 Å². The number of nitrogens with one attached hydrogen (secondary N) is 1. The second-order valence-electron chi connectivity index (χ2n) is 5.06. The molecule has 1 aromatic carbocycles. The average molecular weight is 242 g/mol. The van der Waals surface area contributed by atoms with E-state index in [-0.39, 0.29) is 5.54 Å². The van der Waals surface area contributed by atoms with Gasteiger partial charge in [-0.25, -0.2) is 4.98 Å². The van der Waals surface area contributed by atoms with Gasteiger partial charge in [-0.2, -0.15) is 0 Å². The van der Waals surface area contributed by atoms with E-state index in [0.29, 0.717) is 0 Å². The molecule has 0 aliphatic heterocycles. The van der Waals surface area contributed by atoms with Crippen LogP contribution in [0.15, 0.2) is 30.3 Å². The zero-order chi connectivity index (χ0) is 12.6. The average Bonchev–Trinajstić information content (AvgIpc) is 3.18. The van der Waals surface area contributed by atoms with Crippen molar-refractivity contribution in [2.45, 2.75) is 24.8 Å². The molecule has 0 radical (unpaired) electrons. The smallest absolute Gasteiger partial charge is 0.216 e. The van der Waals surface area contributed by atoms with Crippen molar-refractivity contribution in [1.82, 2.24) is 10.3 Å². The van der Waals surface area contributed by atoms with Gasteiger partial charge in [-0.15, -0.1) is 0 Å². The lowest BCUT2D eigenvalue weighted by molar-refractivity contribution is 0.390. The molecule has 0 bridgehead atoms. The quantitative estimate of drug-likeness (QED) is 0.894. The standard InChI is InChI=1S/C15H18N2O/c1-16-15(7-8-15)10-12-9-11-5-3-4-6-13(11)17-14(12)18-2/h3-6,9,16H,7-8,10H2,1-2H3. The van der Waals surface area contributed by atoms with E-state index < -0.39 is 0 Å². The first-order valence-corrected chi connectivity index (χ1v) is 6.38. The number of methoxy groups -OCH3 is 1. The second-order valence-corrected chi connectivity index (χ2v) is 5.06. The van der Waals surface area contributed by atoms with Gasteiger partial charge in [-0.05, 0) is 38.4 Å². The maximum Gasteiger partial charge on any atom is 0.216 e. The predicted octanol–water partition coefficient (Wildman–Crippen LogP) is 2.54. The molecule has 3 heteroatoms. The maximum absolute atomic E-state index is 5.43. The van der Waals surface area contributed by atoms with Crippen molar-refractivity contribution < 1.29 is 4.74 Å². The van der Waals surface area contributed by atoms with Crippen LogP contribution in [0.25, 0.3) is 10.9 Å². The fraction of sp³-hybridized carbons (Fsp3) is 0.400. The molecule has 1 fully saturated rings. The van der Waals surface area contributed by atoms with Crippen LogP contribution < -0.4 is 10.1 Å². The van der Waals surface area contributed by atoms with Gasteiger partial charge in [0.05, 0.1) is 12.6 Å². The third-order valence-electron chi connectivity index (χ3n) is 3.87. The van der Waals surface area contributed by atoms with E-state index in [1.54, 1.807) is 7.11 Å². The first kappa shape index (κ1) is 11.5. The van der Waals surface area contributed by atoms with E-state index in [2.05, 4.69) is 22.4 Å². The van der Waals surface area contributed by atoms with E-state index in [0.717, 1.165) is 17.8 Å². The number of likely N-dealkylation sites (N-methyl/N-ethyl adjacent to an activating group) is 1. The molecule has 1 aliphatic rings. The van der Waals surface area contributed by atoms with Crippen molar-refractivity contribution in [3.63, 3.8) is 0 Å². The zero-order valence-corrected chi connectivity index (χ0v) is 10.9. The van der Waals surface area contributed by atoms with Gasteiger partial charge < -0.3 is 10.1 Å². The zero-order valence-electron chi connectivity index (χ0n) is 10.9. The van der Waals surface area contributed by atoms with E-state index >= 15 is 0 Å². The van der Waals surface area contributed by atoms with Gasteiger partial charge >= 0.3 is 0 Å². The van der Waals surface area contributed by atoms with E-state index in [4.69, 9.17) is 4.74 Å². The fourth-order valence-corrected chi connectivity index (χ4v) is 2.48. The normalized spacial score (nSPS) is 16.8. The lowest BCUT2D eigenvalue weighted by Gasteiger charge is -2.16. The topological polar surface area (TPSA) is 34.2 Å². The Hall–Kier alpha value is -1.61. The number of fused-ring (bicyclic) bond motifs is 1. The summed E-state index contributed by atoms with van der Waals surface area (Å²) in [5.74, 6) is 0.759. The molecule has 94 valence electrons. The summed E-state index contributed by atoms with van der Waals surface area (Å²) in [6, 6.07) is 10.4. The van der Waals surface area contributed by atoms with Crippen LogP contribution in [0.2, 0.25) is 0 Å². The molecule has 1 heterocycles. The monoisotopic (exact) mass is 242 g/mol. The van der Waals surface area contributed by atoms with Crippen molar-refractivity contribution in [3.05, 3.63) is 35.9 Å². The number of rotatable bonds is 4. The first-order chi connectivity index (χ1) is 8.76.